The Morgan fingerprint density at radius 3 is 2.71 bits per heavy atom. The summed E-state index contributed by atoms with van der Waals surface area (Å²) in [6.45, 7) is 2.12. The van der Waals surface area contributed by atoms with Gasteiger partial charge in [0.2, 0.25) is 0 Å². The van der Waals surface area contributed by atoms with Gasteiger partial charge in [0, 0.05) is 17.0 Å². The number of nitrogens with zero attached hydrogens (tertiary/aromatic N) is 3. The van der Waals surface area contributed by atoms with E-state index >= 15 is 0 Å². The molecule has 0 bridgehead atoms. The molecule has 1 aliphatic rings. The highest BCUT2D eigenvalue weighted by atomic mass is 32.1. The molecule has 0 radical (unpaired) electrons. The van der Waals surface area contributed by atoms with Gasteiger partial charge in [-0.15, -0.1) is 11.3 Å². The molecule has 1 aliphatic heterocycles. The number of aryl methyl sites for hydroxylation is 1. The summed E-state index contributed by atoms with van der Waals surface area (Å²) in [6, 6.07) is 12.0. The second-order valence-corrected chi connectivity index (χ2v) is 6.22. The number of aliphatic hydroxyl groups excluding tert-OH is 1. The van der Waals surface area contributed by atoms with Gasteiger partial charge in [0.25, 0.3) is 0 Å². The van der Waals surface area contributed by atoms with Crippen LogP contribution in [0.4, 0.5) is 5.13 Å². The Morgan fingerprint density at radius 2 is 2.14 bits per heavy atom. The number of hydrogen-bond donors (Lipinski definition) is 1. The zero-order valence-corrected chi connectivity index (χ0v) is 12.6. The maximum absolute atomic E-state index is 9.75. The molecule has 0 amide bonds. The van der Waals surface area contributed by atoms with Crippen LogP contribution < -0.4 is 4.90 Å². The first-order valence-corrected chi connectivity index (χ1v) is 7.90. The Morgan fingerprint density at radius 1 is 1.38 bits per heavy atom. The second kappa shape index (κ2) is 5.84. The minimum Gasteiger partial charge on any atom is -0.394 e. The SMILES string of the molecule is CCc1cnc(N2[C@H](CO)[C@@H](c3ccccc3)[C@@H]2C#N)s1. The number of rotatable bonds is 4. The van der Waals surface area contributed by atoms with Crippen molar-refractivity contribution in [3.8, 4) is 6.07 Å². The number of nitriles is 1. The number of aliphatic hydroxyl groups is 1. The van der Waals surface area contributed by atoms with Crippen LogP contribution in [0.3, 0.4) is 0 Å². The predicted molar refractivity (Wildman–Crippen MR) is 83.4 cm³/mol. The largest absolute Gasteiger partial charge is 0.394 e. The lowest BCUT2D eigenvalue weighted by molar-refractivity contribution is 0.187. The molecule has 108 valence electrons. The van der Waals surface area contributed by atoms with Gasteiger partial charge in [0.15, 0.2) is 5.13 Å². The van der Waals surface area contributed by atoms with Gasteiger partial charge in [0.05, 0.1) is 18.7 Å². The van der Waals surface area contributed by atoms with Crippen LogP contribution in [-0.4, -0.2) is 28.8 Å². The van der Waals surface area contributed by atoms with E-state index in [0.29, 0.717) is 0 Å². The van der Waals surface area contributed by atoms with E-state index in [4.69, 9.17) is 0 Å². The third-order valence-corrected chi connectivity index (χ3v) is 5.18. The normalized spacial score (nSPS) is 24.4. The average Bonchev–Trinajstić information content (AvgIpc) is 2.96. The minimum atomic E-state index is -0.264. The molecule has 2 aromatic rings. The number of thiazole rings is 1. The van der Waals surface area contributed by atoms with Crippen molar-refractivity contribution in [1.82, 2.24) is 4.98 Å². The lowest BCUT2D eigenvalue weighted by atomic mass is 9.76. The number of benzene rings is 1. The number of anilines is 1. The van der Waals surface area contributed by atoms with Crippen LogP contribution >= 0.6 is 11.3 Å². The first-order valence-electron chi connectivity index (χ1n) is 7.08. The fourth-order valence-electron chi connectivity index (χ4n) is 2.93. The second-order valence-electron chi connectivity index (χ2n) is 5.13. The average molecular weight is 299 g/mol. The van der Waals surface area contributed by atoms with Crippen LogP contribution in [0.1, 0.15) is 23.3 Å². The van der Waals surface area contributed by atoms with Crippen molar-refractivity contribution < 1.29 is 5.11 Å². The Balaban J connectivity index is 1.91. The summed E-state index contributed by atoms with van der Waals surface area (Å²) in [7, 11) is 0. The van der Waals surface area contributed by atoms with Gasteiger partial charge in [0.1, 0.15) is 6.04 Å². The molecule has 0 spiro atoms. The van der Waals surface area contributed by atoms with Crippen LogP contribution in [-0.2, 0) is 6.42 Å². The highest BCUT2D eigenvalue weighted by molar-refractivity contribution is 7.15. The number of hydrogen-bond acceptors (Lipinski definition) is 5. The molecule has 1 aromatic heterocycles. The lowest BCUT2D eigenvalue weighted by Gasteiger charge is -2.51. The van der Waals surface area contributed by atoms with E-state index in [1.807, 2.05) is 41.4 Å². The van der Waals surface area contributed by atoms with E-state index in [1.54, 1.807) is 11.3 Å². The van der Waals surface area contributed by atoms with E-state index in [1.165, 1.54) is 4.88 Å². The Kier molecular flexibility index (Phi) is 3.91. The molecule has 1 aromatic carbocycles. The van der Waals surface area contributed by atoms with Crippen molar-refractivity contribution in [2.45, 2.75) is 31.3 Å². The van der Waals surface area contributed by atoms with Crippen molar-refractivity contribution >= 4 is 16.5 Å². The summed E-state index contributed by atoms with van der Waals surface area (Å²) in [6.07, 6.45) is 2.80. The Labute approximate surface area is 128 Å². The molecule has 1 fully saturated rings. The standard InChI is InChI=1S/C16H17N3OS/c1-2-12-9-18-16(21-12)19-13(8-17)15(14(19)10-20)11-6-4-3-5-7-11/h3-7,9,13-15,20H,2,10H2,1H3/t13-,14+,15-/m0/s1. The number of aromatic nitrogens is 1. The monoisotopic (exact) mass is 299 g/mol. The zero-order chi connectivity index (χ0) is 14.8. The van der Waals surface area contributed by atoms with E-state index in [9.17, 15) is 10.4 Å². The molecule has 5 heteroatoms. The van der Waals surface area contributed by atoms with Gasteiger partial charge in [-0.1, -0.05) is 37.3 Å². The van der Waals surface area contributed by atoms with Crippen molar-refractivity contribution in [2.75, 3.05) is 11.5 Å². The molecular formula is C16H17N3OS. The van der Waals surface area contributed by atoms with Gasteiger partial charge >= 0.3 is 0 Å². The molecule has 3 rings (SSSR count). The van der Waals surface area contributed by atoms with Crippen molar-refractivity contribution in [2.24, 2.45) is 0 Å². The fourth-order valence-corrected chi connectivity index (χ4v) is 3.87. The van der Waals surface area contributed by atoms with Crippen LogP contribution in [0.25, 0.3) is 0 Å². The molecule has 0 unspecified atom stereocenters. The summed E-state index contributed by atoms with van der Waals surface area (Å²) >= 11 is 1.60. The van der Waals surface area contributed by atoms with Gasteiger partial charge in [-0.05, 0) is 12.0 Å². The highest BCUT2D eigenvalue weighted by Crippen LogP contribution is 2.44. The summed E-state index contributed by atoms with van der Waals surface area (Å²) < 4.78 is 0. The first-order chi connectivity index (χ1) is 10.3. The Hall–Kier alpha value is -1.90. The summed E-state index contributed by atoms with van der Waals surface area (Å²) in [5, 5.41) is 20.1. The van der Waals surface area contributed by atoms with Crippen molar-refractivity contribution in [3.05, 3.63) is 47.0 Å². The van der Waals surface area contributed by atoms with Gasteiger partial charge in [-0.3, -0.25) is 0 Å². The van der Waals surface area contributed by atoms with Crippen molar-refractivity contribution in [1.29, 1.82) is 5.26 Å². The van der Waals surface area contributed by atoms with Crippen LogP contribution in [0, 0.1) is 11.3 Å². The minimum absolute atomic E-state index is 0.0266. The smallest absolute Gasteiger partial charge is 0.186 e. The zero-order valence-electron chi connectivity index (χ0n) is 11.8. The molecule has 0 aliphatic carbocycles. The third kappa shape index (κ3) is 2.31. The maximum Gasteiger partial charge on any atom is 0.186 e. The van der Waals surface area contributed by atoms with Crippen molar-refractivity contribution in [3.63, 3.8) is 0 Å². The van der Waals surface area contributed by atoms with E-state index in [0.717, 1.165) is 17.1 Å². The topological polar surface area (TPSA) is 60.1 Å². The molecule has 1 N–H and O–H groups in total. The fraction of sp³-hybridized carbons (Fsp3) is 0.375. The van der Waals surface area contributed by atoms with Crippen LogP contribution in [0.5, 0.6) is 0 Å². The molecule has 2 heterocycles. The van der Waals surface area contributed by atoms with Gasteiger partial charge in [-0.25, -0.2) is 4.98 Å². The van der Waals surface area contributed by atoms with E-state index in [2.05, 4.69) is 18.0 Å². The molecule has 4 nitrogen and oxygen atoms in total. The Bertz CT molecular complexity index is 649. The molecule has 3 atom stereocenters. The summed E-state index contributed by atoms with van der Waals surface area (Å²) in [4.78, 5) is 7.57. The first kappa shape index (κ1) is 14.1. The maximum atomic E-state index is 9.75. The predicted octanol–water partition coefficient (Wildman–Crippen LogP) is 2.56. The van der Waals surface area contributed by atoms with Crippen LogP contribution in [0.2, 0.25) is 0 Å². The highest BCUT2D eigenvalue weighted by Gasteiger charge is 2.50. The van der Waals surface area contributed by atoms with Crippen LogP contribution in [0.15, 0.2) is 36.5 Å². The molecule has 1 saturated heterocycles. The van der Waals surface area contributed by atoms with Gasteiger partial charge < -0.3 is 10.0 Å². The third-order valence-electron chi connectivity index (χ3n) is 4.03. The molecular weight excluding hydrogens is 282 g/mol. The van der Waals surface area contributed by atoms with E-state index in [-0.39, 0.29) is 24.6 Å². The summed E-state index contributed by atoms with van der Waals surface area (Å²) in [5.41, 5.74) is 1.10. The van der Waals surface area contributed by atoms with E-state index < -0.39 is 0 Å². The molecule has 0 saturated carbocycles. The quantitative estimate of drug-likeness (QED) is 0.942. The summed E-state index contributed by atoms with van der Waals surface area (Å²) in [5.74, 6) is 0.0372. The van der Waals surface area contributed by atoms with Gasteiger partial charge in [-0.2, -0.15) is 5.26 Å². The molecule has 21 heavy (non-hydrogen) atoms. The lowest BCUT2D eigenvalue weighted by Crippen LogP contribution is -2.63.